The quantitative estimate of drug-likeness (QED) is 0.730. The van der Waals surface area contributed by atoms with E-state index in [0.717, 1.165) is 4.88 Å². The number of thiophene rings is 1. The summed E-state index contributed by atoms with van der Waals surface area (Å²) in [4.78, 5) is 0.878. The number of sulfonamides is 1. The molecular formula is C12H10BrCl2NO2S2. The molecule has 8 heteroatoms. The maximum atomic E-state index is 12.6. The Labute approximate surface area is 140 Å². The third-order valence-electron chi connectivity index (χ3n) is 2.59. The maximum absolute atomic E-state index is 12.6. The number of halogens is 3. The molecule has 0 fully saturated rings. The zero-order chi connectivity index (χ0) is 14.9. The average molecular weight is 415 g/mol. The molecule has 2 aromatic rings. The summed E-state index contributed by atoms with van der Waals surface area (Å²) in [5.41, 5.74) is 0. The standard InChI is InChI=1S/C12H10BrCl2NO2S2/c1-16(7-9-3-2-4-19-9)20(17,18)12-10(14)5-8(13)6-11(12)15/h2-6H,7H2,1H3. The van der Waals surface area contributed by atoms with E-state index in [0.29, 0.717) is 4.47 Å². The molecule has 0 N–H and O–H groups in total. The Kier molecular flexibility index (Phi) is 5.15. The molecule has 0 spiro atoms. The SMILES string of the molecule is CN(Cc1cccs1)S(=O)(=O)c1c(Cl)cc(Br)cc1Cl. The van der Waals surface area contributed by atoms with Crippen LogP contribution in [0.4, 0.5) is 0 Å². The molecule has 0 atom stereocenters. The first-order valence-corrected chi connectivity index (χ1v) is 9.32. The molecule has 0 aliphatic rings. The van der Waals surface area contributed by atoms with Crippen molar-refractivity contribution < 1.29 is 8.42 Å². The normalized spacial score (nSPS) is 12.1. The van der Waals surface area contributed by atoms with Crippen molar-refractivity contribution in [3.05, 3.63) is 49.0 Å². The fraction of sp³-hybridized carbons (Fsp3) is 0.167. The lowest BCUT2D eigenvalue weighted by atomic mass is 10.4. The van der Waals surface area contributed by atoms with Crippen LogP contribution in [0.5, 0.6) is 0 Å². The molecule has 1 heterocycles. The van der Waals surface area contributed by atoms with E-state index >= 15 is 0 Å². The van der Waals surface area contributed by atoms with E-state index in [1.165, 1.54) is 34.8 Å². The summed E-state index contributed by atoms with van der Waals surface area (Å²) in [6.07, 6.45) is 0. The van der Waals surface area contributed by atoms with E-state index in [4.69, 9.17) is 23.2 Å². The van der Waals surface area contributed by atoms with E-state index in [1.807, 2.05) is 17.5 Å². The van der Waals surface area contributed by atoms with Crippen LogP contribution in [0.15, 0.2) is 39.0 Å². The van der Waals surface area contributed by atoms with Gasteiger partial charge in [-0.2, -0.15) is 4.31 Å². The summed E-state index contributed by atoms with van der Waals surface area (Å²) in [6, 6.07) is 6.78. The molecule has 0 radical (unpaired) electrons. The van der Waals surface area contributed by atoms with Gasteiger partial charge >= 0.3 is 0 Å². The Morgan fingerprint density at radius 3 is 2.40 bits per heavy atom. The summed E-state index contributed by atoms with van der Waals surface area (Å²) in [5.74, 6) is 0. The molecule has 0 unspecified atom stereocenters. The van der Waals surface area contributed by atoms with E-state index in [2.05, 4.69) is 15.9 Å². The highest BCUT2D eigenvalue weighted by Gasteiger charge is 2.27. The molecule has 0 amide bonds. The molecule has 1 aromatic heterocycles. The number of benzene rings is 1. The lowest BCUT2D eigenvalue weighted by Gasteiger charge is -2.18. The van der Waals surface area contributed by atoms with Crippen LogP contribution >= 0.6 is 50.5 Å². The minimum Gasteiger partial charge on any atom is -0.207 e. The van der Waals surface area contributed by atoms with Gasteiger partial charge in [0.05, 0.1) is 10.0 Å². The van der Waals surface area contributed by atoms with E-state index in [-0.39, 0.29) is 21.5 Å². The van der Waals surface area contributed by atoms with Gasteiger partial charge in [-0.15, -0.1) is 11.3 Å². The van der Waals surface area contributed by atoms with Gasteiger partial charge in [0.2, 0.25) is 10.0 Å². The van der Waals surface area contributed by atoms with Crippen molar-refractivity contribution in [1.29, 1.82) is 0 Å². The molecule has 0 aliphatic carbocycles. The second-order valence-corrected chi connectivity index (χ2v) is 8.78. The Hall–Kier alpha value is -0.110. The molecule has 20 heavy (non-hydrogen) atoms. The van der Waals surface area contributed by atoms with Crippen LogP contribution in [0.3, 0.4) is 0 Å². The summed E-state index contributed by atoms with van der Waals surface area (Å²) in [6.45, 7) is 0.280. The highest BCUT2D eigenvalue weighted by Crippen LogP contribution is 2.34. The summed E-state index contributed by atoms with van der Waals surface area (Å²) >= 11 is 16.8. The van der Waals surface area contributed by atoms with Gasteiger partial charge in [-0.25, -0.2) is 8.42 Å². The van der Waals surface area contributed by atoms with Crippen LogP contribution in [0, 0.1) is 0 Å². The third kappa shape index (κ3) is 3.37. The lowest BCUT2D eigenvalue weighted by molar-refractivity contribution is 0.470. The van der Waals surface area contributed by atoms with E-state index in [1.54, 1.807) is 0 Å². The molecular weight excluding hydrogens is 405 g/mol. The van der Waals surface area contributed by atoms with E-state index < -0.39 is 10.0 Å². The predicted molar refractivity (Wildman–Crippen MR) is 87.1 cm³/mol. The van der Waals surface area contributed by atoms with E-state index in [9.17, 15) is 8.42 Å². The largest absolute Gasteiger partial charge is 0.246 e. The highest BCUT2D eigenvalue weighted by molar-refractivity contribution is 9.10. The first-order chi connectivity index (χ1) is 9.32. The van der Waals surface area contributed by atoms with Crippen LogP contribution < -0.4 is 0 Å². The van der Waals surface area contributed by atoms with Crippen LogP contribution in [-0.2, 0) is 16.6 Å². The molecule has 0 saturated carbocycles. The molecule has 0 saturated heterocycles. The Bertz CT molecular complexity index is 694. The van der Waals surface area contributed by atoms with Gasteiger partial charge in [0.1, 0.15) is 4.90 Å². The second-order valence-electron chi connectivity index (χ2n) is 4.04. The van der Waals surface area contributed by atoms with Crippen molar-refractivity contribution >= 4 is 60.5 Å². The smallest absolute Gasteiger partial charge is 0.207 e. The predicted octanol–water partition coefficient (Wildman–Crippen LogP) is 4.64. The molecule has 2 rings (SSSR count). The topological polar surface area (TPSA) is 37.4 Å². The fourth-order valence-corrected chi connectivity index (χ4v) is 5.50. The minimum absolute atomic E-state index is 0.0666. The molecule has 0 bridgehead atoms. The third-order valence-corrected chi connectivity index (χ3v) is 6.63. The molecule has 3 nitrogen and oxygen atoms in total. The Morgan fingerprint density at radius 1 is 1.30 bits per heavy atom. The Balaban J connectivity index is 2.40. The number of nitrogens with zero attached hydrogens (tertiary/aromatic N) is 1. The molecule has 0 aliphatic heterocycles. The first-order valence-electron chi connectivity index (χ1n) is 5.45. The van der Waals surface area contributed by atoms with Crippen molar-refractivity contribution in [2.24, 2.45) is 0 Å². The highest BCUT2D eigenvalue weighted by atomic mass is 79.9. The van der Waals surface area contributed by atoms with Gasteiger partial charge in [0, 0.05) is 22.9 Å². The summed E-state index contributed by atoms with van der Waals surface area (Å²) in [7, 11) is -2.23. The zero-order valence-electron chi connectivity index (χ0n) is 10.3. The van der Waals surface area contributed by atoms with Crippen molar-refractivity contribution in [2.75, 3.05) is 7.05 Å². The molecule has 1 aromatic carbocycles. The van der Waals surface area contributed by atoms with Crippen molar-refractivity contribution in [3.63, 3.8) is 0 Å². The lowest BCUT2D eigenvalue weighted by Crippen LogP contribution is -2.26. The zero-order valence-corrected chi connectivity index (χ0v) is 15.0. The van der Waals surface area contributed by atoms with Gasteiger partial charge in [-0.05, 0) is 23.6 Å². The van der Waals surface area contributed by atoms with Crippen molar-refractivity contribution in [1.82, 2.24) is 4.31 Å². The minimum atomic E-state index is -3.74. The van der Waals surface area contributed by atoms with Crippen LogP contribution in [-0.4, -0.2) is 19.8 Å². The average Bonchev–Trinajstić information content (AvgIpc) is 2.79. The fourth-order valence-electron chi connectivity index (χ4n) is 1.64. The number of rotatable bonds is 4. The van der Waals surface area contributed by atoms with Gasteiger partial charge < -0.3 is 0 Å². The van der Waals surface area contributed by atoms with Crippen molar-refractivity contribution in [3.8, 4) is 0 Å². The first kappa shape index (κ1) is 16.3. The van der Waals surface area contributed by atoms with Gasteiger partial charge in [0.15, 0.2) is 0 Å². The summed E-state index contributed by atoms with van der Waals surface area (Å²) < 4.78 is 27.0. The Morgan fingerprint density at radius 2 is 1.90 bits per heavy atom. The monoisotopic (exact) mass is 413 g/mol. The van der Waals surface area contributed by atoms with Crippen LogP contribution in [0.2, 0.25) is 10.0 Å². The van der Waals surface area contributed by atoms with Crippen molar-refractivity contribution in [2.45, 2.75) is 11.4 Å². The second kappa shape index (κ2) is 6.34. The van der Waals surface area contributed by atoms with Crippen LogP contribution in [0.25, 0.3) is 0 Å². The maximum Gasteiger partial charge on any atom is 0.246 e. The van der Waals surface area contributed by atoms with Crippen LogP contribution in [0.1, 0.15) is 4.88 Å². The molecule has 108 valence electrons. The number of hydrogen-bond acceptors (Lipinski definition) is 3. The summed E-state index contributed by atoms with van der Waals surface area (Å²) in [5, 5.41) is 2.10. The van der Waals surface area contributed by atoms with Gasteiger partial charge in [-0.3, -0.25) is 0 Å². The van der Waals surface area contributed by atoms with Gasteiger partial charge in [-0.1, -0.05) is 45.2 Å². The number of hydrogen-bond donors (Lipinski definition) is 0. The van der Waals surface area contributed by atoms with Gasteiger partial charge in [0.25, 0.3) is 0 Å².